The molecule has 0 spiro atoms. The molecule has 0 fully saturated rings. The predicted molar refractivity (Wildman–Crippen MR) is 98.6 cm³/mol. The molecule has 0 bridgehead atoms. The van der Waals surface area contributed by atoms with Gasteiger partial charge in [-0.2, -0.15) is 11.3 Å². The lowest BCUT2D eigenvalue weighted by molar-refractivity contribution is -0.384. The van der Waals surface area contributed by atoms with E-state index in [4.69, 9.17) is 0 Å². The van der Waals surface area contributed by atoms with E-state index in [1.165, 1.54) is 17.7 Å². The SMILES string of the molecule is CCNC(=NCc1ccc([N+](=O)[O-])cc1)NCC(C)c1ccsc1. The van der Waals surface area contributed by atoms with Crippen LogP contribution < -0.4 is 10.6 Å². The Hall–Kier alpha value is -2.41. The second kappa shape index (κ2) is 9.02. The fraction of sp³-hybridized carbons (Fsp3) is 0.353. The van der Waals surface area contributed by atoms with E-state index in [-0.39, 0.29) is 5.69 Å². The highest BCUT2D eigenvalue weighted by Gasteiger charge is 2.07. The maximum Gasteiger partial charge on any atom is 0.269 e. The van der Waals surface area contributed by atoms with Crippen molar-refractivity contribution in [3.63, 3.8) is 0 Å². The van der Waals surface area contributed by atoms with Crippen LogP contribution in [-0.4, -0.2) is 24.0 Å². The highest BCUT2D eigenvalue weighted by atomic mass is 32.1. The Bertz CT molecular complexity index is 668. The number of rotatable bonds is 7. The van der Waals surface area contributed by atoms with Crippen LogP contribution in [0.25, 0.3) is 0 Å². The normalized spacial score (nSPS) is 12.7. The Morgan fingerprint density at radius 3 is 2.62 bits per heavy atom. The summed E-state index contributed by atoms with van der Waals surface area (Å²) in [7, 11) is 0. The first kappa shape index (κ1) is 17.9. The van der Waals surface area contributed by atoms with E-state index in [1.54, 1.807) is 23.5 Å². The summed E-state index contributed by atoms with van der Waals surface area (Å²) < 4.78 is 0. The van der Waals surface area contributed by atoms with Gasteiger partial charge >= 0.3 is 0 Å². The summed E-state index contributed by atoms with van der Waals surface area (Å²) in [6.45, 7) is 6.24. The molecule has 7 heteroatoms. The molecule has 2 N–H and O–H groups in total. The van der Waals surface area contributed by atoms with Gasteiger partial charge in [-0.1, -0.05) is 19.1 Å². The van der Waals surface area contributed by atoms with Gasteiger partial charge in [-0.05, 0) is 40.8 Å². The molecule has 0 radical (unpaired) electrons. The maximum absolute atomic E-state index is 10.7. The van der Waals surface area contributed by atoms with Crippen molar-refractivity contribution in [3.05, 3.63) is 62.3 Å². The first-order chi connectivity index (χ1) is 11.6. The average molecular weight is 346 g/mol. The molecule has 2 rings (SSSR count). The van der Waals surface area contributed by atoms with E-state index < -0.39 is 4.92 Å². The number of hydrogen-bond donors (Lipinski definition) is 2. The van der Waals surface area contributed by atoms with Crippen LogP contribution in [0.4, 0.5) is 5.69 Å². The van der Waals surface area contributed by atoms with Crippen LogP contribution in [-0.2, 0) is 6.54 Å². The van der Waals surface area contributed by atoms with Crippen molar-refractivity contribution in [1.82, 2.24) is 10.6 Å². The number of guanidine groups is 1. The zero-order valence-electron chi connectivity index (χ0n) is 13.9. The van der Waals surface area contributed by atoms with Gasteiger partial charge in [0.1, 0.15) is 0 Å². The zero-order valence-corrected chi connectivity index (χ0v) is 14.7. The number of thiophene rings is 1. The molecule has 1 aromatic carbocycles. The lowest BCUT2D eigenvalue weighted by atomic mass is 10.1. The van der Waals surface area contributed by atoms with Crippen LogP contribution in [0.2, 0.25) is 0 Å². The summed E-state index contributed by atoms with van der Waals surface area (Å²) in [6, 6.07) is 8.62. The fourth-order valence-electron chi connectivity index (χ4n) is 2.16. The van der Waals surface area contributed by atoms with Gasteiger partial charge in [-0.15, -0.1) is 0 Å². The summed E-state index contributed by atoms with van der Waals surface area (Å²) in [5.41, 5.74) is 2.35. The molecular weight excluding hydrogens is 324 g/mol. The molecule has 6 nitrogen and oxygen atoms in total. The molecule has 128 valence electrons. The number of nitro benzene ring substituents is 1. The van der Waals surface area contributed by atoms with E-state index in [0.29, 0.717) is 12.5 Å². The molecule has 0 amide bonds. The van der Waals surface area contributed by atoms with Crippen LogP contribution >= 0.6 is 11.3 Å². The van der Waals surface area contributed by atoms with Gasteiger partial charge in [0.05, 0.1) is 11.5 Å². The topological polar surface area (TPSA) is 79.6 Å². The van der Waals surface area contributed by atoms with Crippen molar-refractivity contribution in [2.75, 3.05) is 13.1 Å². The second-order valence-electron chi connectivity index (χ2n) is 5.46. The number of benzene rings is 1. The van der Waals surface area contributed by atoms with Gasteiger partial charge in [0, 0.05) is 25.2 Å². The van der Waals surface area contributed by atoms with Crippen molar-refractivity contribution in [2.45, 2.75) is 26.3 Å². The Morgan fingerprint density at radius 2 is 2.04 bits per heavy atom. The van der Waals surface area contributed by atoms with Gasteiger partial charge in [0.15, 0.2) is 5.96 Å². The third-order valence-corrected chi connectivity index (χ3v) is 4.30. The largest absolute Gasteiger partial charge is 0.357 e. The van der Waals surface area contributed by atoms with E-state index in [0.717, 1.165) is 24.6 Å². The molecule has 0 aliphatic rings. The van der Waals surface area contributed by atoms with Crippen molar-refractivity contribution >= 4 is 23.0 Å². The molecule has 1 atom stereocenters. The summed E-state index contributed by atoms with van der Waals surface area (Å²) in [4.78, 5) is 14.8. The fourth-order valence-corrected chi connectivity index (χ4v) is 2.94. The lowest BCUT2D eigenvalue weighted by Gasteiger charge is -2.15. The number of nitrogens with one attached hydrogen (secondary N) is 2. The zero-order chi connectivity index (χ0) is 17.4. The Labute approximate surface area is 145 Å². The maximum atomic E-state index is 10.7. The van der Waals surface area contributed by atoms with Crippen molar-refractivity contribution < 1.29 is 4.92 Å². The Kier molecular flexibility index (Phi) is 6.74. The van der Waals surface area contributed by atoms with Gasteiger partial charge < -0.3 is 10.6 Å². The van der Waals surface area contributed by atoms with Crippen LogP contribution in [0.15, 0.2) is 46.1 Å². The molecule has 2 aromatic rings. The van der Waals surface area contributed by atoms with Crippen LogP contribution in [0.3, 0.4) is 0 Å². The predicted octanol–water partition coefficient (Wildman–Crippen LogP) is 3.52. The number of hydrogen-bond acceptors (Lipinski definition) is 4. The van der Waals surface area contributed by atoms with Crippen LogP contribution in [0.5, 0.6) is 0 Å². The van der Waals surface area contributed by atoms with Gasteiger partial charge in [0.2, 0.25) is 0 Å². The molecular formula is C17H22N4O2S. The Balaban J connectivity index is 1.93. The molecule has 0 saturated carbocycles. The van der Waals surface area contributed by atoms with E-state index in [9.17, 15) is 10.1 Å². The smallest absolute Gasteiger partial charge is 0.269 e. The number of non-ortho nitro benzene ring substituents is 1. The molecule has 0 aliphatic carbocycles. The van der Waals surface area contributed by atoms with E-state index in [2.05, 4.69) is 39.4 Å². The summed E-state index contributed by atoms with van der Waals surface area (Å²) in [5.74, 6) is 1.15. The molecule has 24 heavy (non-hydrogen) atoms. The minimum absolute atomic E-state index is 0.0948. The molecule has 1 aromatic heterocycles. The minimum Gasteiger partial charge on any atom is -0.357 e. The standard InChI is InChI=1S/C17H22N4O2S/c1-3-18-17(19-10-13(2)15-8-9-24-12-15)20-11-14-4-6-16(7-5-14)21(22)23/h4-9,12-13H,3,10-11H2,1-2H3,(H2,18,19,20). The number of nitrogens with zero attached hydrogens (tertiary/aromatic N) is 2. The second-order valence-corrected chi connectivity index (χ2v) is 6.24. The third-order valence-electron chi connectivity index (χ3n) is 3.60. The van der Waals surface area contributed by atoms with Gasteiger partial charge in [-0.3, -0.25) is 10.1 Å². The van der Waals surface area contributed by atoms with Crippen molar-refractivity contribution in [2.24, 2.45) is 4.99 Å². The number of aliphatic imine (C=N–C) groups is 1. The first-order valence-electron chi connectivity index (χ1n) is 7.87. The average Bonchev–Trinajstić information content (AvgIpc) is 3.12. The van der Waals surface area contributed by atoms with Crippen LogP contribution in [0, 0.1) is 10.1 Å². The lowest BCUT2D eigenvalue weighted by Crippen LogP contribution is -2.39. The van der Waals surface area contributed by atoms with E-state index in [1.807, 2.05) is 6.92 Å². The molecule has 0 aliphatic heterocycles. The summed E-state index contributed by atoms with van der Waals surface area (Å²) >= 11 is 1.70. The van der Waals surface area contributed by atoms with Gasteiger partial charge in [0.25, 0.3) is 5.69 Å². The van der Waals surface area contributed by atoms with Gasteiger partial charge in [-0.25, -0.2) is 4.99 Å². The highest BCUT2D eigenvalue weighted by Crippen LogP contribution is 2.17. The van der Waals surface area contributed by atoms with Crippen LogP contribution in [0.1, 0.15) is 30.9 Å². The highest BCUT2D eigenvalue weighted by molar-refractivity contribution is 7.07. The third kappa shape index (κ3) is 5.34. The monoisotopic (exact) mass is 346 g/mol. The molecule has 1 unspecified atom stereocenters. The Morgan fingerprint density at radius 1 is 1.29 bits per heavy atom. The van der Waals surface area contributed by atoms with E-state index >= 15 is 0 Å². The summed E-state index contributed by atoms with van der Waals surface area (Å²) in [6.07, 6.45) is 0. The molecule has 1 heterocycles. The first-order valence-corrected chi connectivity index (χ1v) is 8.82. The minimum atomic E-state index is -0.398. The van der Waals surface area contributed by atoms with Crippen molar-refractivity contribution in [1.29, 1.82) is 0 Å². The number of nitro groups is 1. The molecule has 0 saturated heterocycles. The quantitative estimate of drug-likeness (QED) is 0.348. The summed E-state index contributed by atoms with van der Waals surface area (Å²) in [5, 5.41) is 21.5. The van der Waals surface area contributed by atoms with Crippen molar-refractivity contribution in [3.8, 4) is 0 Å².